The number of likely N-dealkylation sites (tertiary alicyclic amines) is 1. The highest BCUT2D eigenvalue weighted by Gasteiger charge is 2.19. The summed E-state index contributed by atoms with van der Waals surface area (Å²) in [5.41, 5.74) is 1.70. The molecule has 0 N–H and O–H groups in total. The predicted molar refractivity (Wildman–Crippen MR) is 89.9 cm³/mol. The highest BCUT2D eigenvalue weighted by molar-refractivity contribution is 6.32. The average molecular weight is 345 g/mol. The summed E-state index contributed by atoms with van der Waals surface area (Å²) in [5.74, 6) is -0.469. The molecule has 1 fully saturated rings. The van der Waals surface area contributed by atoms with Crippen molar-refractivity contribution in [2.45, 2.75) is 19.4 Å². The van der Waals surface area contributed by atoms with E-state index in [2.05, 4.69) is 4.98 Å². The number of halogens is 1. The van der Waals surface area contributed by atoms with Gasteiger partial charge in [0.25, 0.3) is 5.91 Å². The van der Waals surface area contributed by atoms with E-state index in [1.165, 1.54) is 6.20 Å². The molecule has 2 aromatic rings. The highest BCUT2D eigenvalue weighted by Crippen LogP contribution is 2.16. The van der Waals surface area contributed by atoms with Crippen molar-refractivity contribution in [1.29, 1.82) is 0 Å². The number of esters is 1. The van der Waals surface area contributed by atoms with Gasteiger partial charge in [-0.2, -0.15) is 0 Å². The van der Waals surface area contributed by atoms with Crippen LogP contribution in [0.3, 0.4) is 0 Å². The Labute approximate surface area is 145 Å². The zero-order valence-corrected chi connectivity index (χ0v) is 13.8. The molecule has 2 heterocycles. The number of nitrogens with zero attached hydrogens (tertiary/aromatic N) is 2. The lowest BCUT2D eigenvalue weighted by Gasteiger charge is -2.15. The molecule has 1 saturated heterocycles. The Bertz CT molecular complexity index is 740. The van der Waals surface area contributed by atoms with Crippen LogP contribution in [0, 0.1) is 0 Å². The fraction of sp³-hybridized carbons (Fsp3) is 0.278. The first kappa shape index (κ1) is 16.5. The van der Waals surface area contributed by atoms with E-state index in [-0.39, 0.29) is 23.2 Å². The molecule has 1 aliphatic rings. The second-order valence-corrected chi connectivity index (χ2v) is 5.97. The van der Waals surface area contributed by atoms with Crippen molar-refractivity contribution in [3.05, 3.63) is 64.4 Å². The molecule has 0 atom stereocenters. The van der Waals surface area contributed by atoms with E-state index in [9.17, 15) is 9.59 Å². The van der Waals surface area contributed by atoms with Crippen molar-refractivity contribution in [3.63, 3.8) is 0 Å². The van der Waals surface area contributed by atoms with Crippen LogP contribution in [0.2, 0.25) is 5.15 Å². The lowest BCUT2D eigenvalue weighted by molar-refractivity contribution is 0.0472. The number of hydrogen-bond acceptors (Lipinski definition) is 4. The lowest BCUT2D eigenvalue weighted by atomic mass is 10.1. The maximum atomic E-state index is 12.3. The highest BCUT2D eigenvalue weighted by atomic mass is 35.5. The third-order valence-electron chi connectivity index (χ3n) is 3.94. The van der Waals surface area contributed by atoms with E-state index >= 15 is 0 Å². The molecule has 24 heavy (non-hydrogen) atoms. The molecule has 0 unspecified atom stereocenters. The van der Waals surface area contributed by atoms with Crippen molar-refractivity contribution in [1.82, 2.24) is 9.88 Å². The fourth-order valence-corrected chi connectivity index (χ4v) is 2.81. The van der Waals surface area contributed by atoms with Crippen molar-refractivity contribution >= 4 is 23.5 Å². The lowest BCUT2D eigenvalue weighted by Crippen LogP contribution is -2.27. The minimum atomic E-state index is -0.523. The third kappa shape index (κ3) is 3.74. The molecule has 0 aliphatic carbocycles. The molecule has 0 radical (unpaired) electrons. The summed E-state index contributed by atoms with van der Waals surface area (Å²) in [6, 6.07) is 10.3. The van der Waals surface area contributed by atoms with Gasteiger partial charge in [0.05, 0.1) is 5.56 Å². The van der Waals surface area contributed by atoms with E-state index < -0.39 is 5.97 Å². The second-order valence-electron chi connectivity index (χ2n) is 5.61. The van der Waals surface area contributed by atoms with Crippen molar-refractivity contribution < 1.29 is 14.3 Å². The van der Waals surface area contributed by atoms with Gasteiger partial charge in [-0.25, -0.2) is 9.78 Å². The standard InChI is InChI=1S/C18H17ClN2O3/c19-16-15(4-3-9-20-16)18(23)24-12-13-5-7-14(8-6-13)17(22)21-10-1-2-11-21/h3-9H,1-2,10-12H2. The number of carbonyl (C=O) groups is 2. The summed E-state index contributed by atoms with van der Waals surface area (Å²) < 4.78 is 5.24. The van der Waals surface area contributed by atoms with Crippen LogP contribution in [0.25, 0.3) is 0 Å². The Morgan fingerprint density at radius 3 is 2.50 bits per heavy atom. The largest absolute Gasteiger partial charge is 0.457 e. The number of pyridine rings is 1. The first-order valence-electron chi connectivity index (χ1n) is 7.81. The normalized spacial score (nSPS) is 13.8. The minimum absolute atomic E-state index is 0.0539. The first-order chi connectivity index (χ1) is 11.6. The number of ether oxygens (including phenoxy) is 1. The van der Waals surface area contributed by atoms with E-state index in [1.54, 1.807) is 36.4 Å². The molecule has 1 aromatic carbocycles. The summed E-state index contributed by atoms with van der Waals surface area (Å²) >= 11 is 5.86. The smallest absolute Gasteiger partial charge is 0.341 e. The summed E-state index contributed by atoms with van der Waals surface area (Å²) in [7, 11) is 0. The molecule has 5 nitrogen and oxygen atoms in total. The van der Waals surface area contributed by atoms with Gasteiger partial charge in [-0.1, -0.05) is 23.7 Å². The van der Waals surface area contributed by atoms with Crippen LogP contribution in [0.15, 0.2) is 42.6 Å². The van der Waals surface area contributed by atoms with Gasteiger partial charge < -0.3 is 9.64 Å². The number of amides is 1. The van der Waals surface area contributed by atoms with Gasteiger partial charge >= 0.3 is 5.97 Å². The van der Waals surface area contributed by atoms with Gasteiger partial charge in [-0.3, -0.25) is 4.79 Å². The fourth-order valence-electron chi connectivity index (χ4n) is 2.61. The summed E-state index contributed by atoms with van der Waals surface area (Å²) in [4.78, 5) is 30.0. The van der Waals surface area contributed by atoms with Gasteiger partial charge in [0, 0.05) is 24.8 Å². The Balaban J connectivity index is 1.59. The van der Waals surface area contributed by atoms with Crippen molar-refractivity contribution in [2.24, 2.45) is 0 Å². The van der Waals surface area contributed by atoms with Crippen LogP contribution < -0.4 is 0 Å². The Morgan fingerprint density at radius 2 is 1.83 bits per heavy atom. The Kier molecular flexibility index (Phi) is 5.11. The molecule has 1 amide bonds. The van der Waals surface area contributed by atoms with Crippen LogP contribution in [-0.4, -0.2) is 34.8 Å². The molecule has 1 aromatic heterocycles. The Morgan fingerprint density at radius 1 is 1.12 bits per heavy atom. The number of aromatic nitrogens is 1. The topological polar surface area (TPSA) is 59.5 Å². The number of carbonyl (C=O) groups excluding carboxylic acids is 2. The van der Waals surface area contributed by atoms with Gasteiger partial charge in [0.1, 0.15) is 11.8 Å². The van der Waals surface area contributed by atoms with E-state index in [4.69, 9.17) is 16.3 Å². The zero-order valence-electron chi connectivity index (χ0n) is 13.1. The number of rotatable bonds is 4. The molecular weight excluding hydrogens is 328 g/mol. The Hall–Kier alpha value is -2.40. The summed E-state index contributed by atoms with van der Waals surface area (Å²) in [6.45, 7) is 1.76. The van der Waals surface area contributed by atoms with Gasteiger partial charge in [0.15, 0.2) is 0 Å². The van der Waals surface area contributed by atoms with Gasteiger partial charge in [0.2, 0.25) is 0 Å². The van der Waals surface area contributed by atoms with E-state index in [0.29, 0.717) is 5.56 Å². The second kappa shape index (κ2) is 7.45. The molecule has 6 heteroatoms. The minimum Gasteiger partial charge on any atom is -0.457 e. The maximum absolute atomic E-state index is 12.3. The van der Waals surface area contributed by atoms with Gasteiger partial charge in [-0.15, -0.1) is 0 Å². The number of hydrogen-bond donors (Lipinski definition) is 0. The van der Waals surface area contributed by atoms with Crippen LogP contribution >= 0.6 is 11.6 Å². The molecule has 0 spiro atoms. The molecule has 1 aliphatic heterocycles. The van der Waals surface area contributed by atoms with Crippen LogP contribution in [0.5, 0.6) is 0 Å². The van der Waals surface area contributed by atoms with E-state index in [0.717, 1.165) is 31.5 Å². The zero-order chi connectivity index (χ0) is 16.9. The van der Waals surface area contributed by atoms with Gasteiger partial charge in [-0.05, 0) is 42.7 Å². The third-order valence-corrected chi connectivity index (χ3v) is 4.24. The van der Waals surface area contributed by atoms with Crippen LogP contribution in [-0.2, 0) is 11.3 Å². The quantitative estimate of drug-likeness (QED) is 0.630. The predicted octanol–water partition coefficient (Wildman–Crippen LogP) is 3.33. The average Bonchev–Trinajstić information content (AvgIpc) is 3.14. The summed E-state index contributed by atoms with van der Waals surface area (Å²) in [6.07, 6.45) is 3.64. The van der Waals surface area contributed by atoms with E-state index in [1.807, 2.05) is 4.90 Å². The maximum Gasteiger partial charge on any atom is 0.341 e. The molecular formula is C18H17ClN2O3. The van der Waals surface area contributed by atoms with Crippen LogP contribution in [0.4, 0.5) is 0 Å². The monoisotopic (exact) mass is 344 g/mol. The van der Waals surface area contributed by atoms with Crippen LogP contribution in [0.1, 0.15) is 39.1 Å². The van der Waals surface area contributed by atoms with Crippen molar-refractivity contribution in [2.75, 3.05) is 13.1 Å². The molecule has 0 bridgehead atoms. The SMILES string of the molecule is O=C(OCc1ccc(C(=O)N2CCCC2)cc1)c1cccnc1Cl. The molecule has 0 saturated carbocycles. The van der Waals surface area contributed by atoms with Crippen molar-refractivity contribution in [3.8, 4) is 0 Å². The molecule has 124 valence electrons. The number of benzene rings is 1. The summed E-state index contributed by atoms with van der Waals surface area (Å²) in [5, 5.41) is 0.119. The molecule has 3 rings (SSSR count). The first-order valence-corrected chi connectivity index (χ1v) is 8.19.